The predicted octanol–water partition coefficient (Wildman–Crippen LogP) is 4.99. The van der Waals surface area contributed by atoms with Crippen LogP contribution in [0.1, 0.15) is 78.5 Å². The standard InChI is InChI=1S/C23H33ClN2O4.C18H14O8/c1-22(2,3)30-21(28)26-19(15-29-23(26,4)5)14-25-12-10-17(11-13-25)20(27)16-6-8-18(24)9-7-16;19-13(11-7-3-1-4-8-11)17(25,15(21)22)18(26,16(23)24)14(20)12-9-5-2-6-10-12/h6-9,17,19H,10-15H2,1-5H3;1-10,25-26H,(H,21,22)(H,23,24)/t19-;/m0./s1. The van der Waals surface area contributed by atoms with Crippen molar-refractivity contribution in [3.05, 3.63) is 107 Å². The van der Waals surface area contributed by atoms with Crippen molar-refractivity contribution in [2.75, 3.05) is 26.2 Å². The van der Waals surface area contributed by atoms with Crippen molar-refractivity contribution in [1.29, 1.82) is 0 Å². The zero-order valence-corrected chi connectivity index (χ0v) is 32.6. The van der Waals surface area contributed by atoms with Gasteiger partial charge in [0, 0.05) is 34.2 Å². The van der Waals surface area contributed by atoms with E-state index in [1.807, 2.05) is 34.6 Å². The molecule has 4 N–H and O–H groups in total. The van der Waals surface area contributed by atoms with E-state index in [4.69, 9.17) is 21.1 Å². The molecule has 0 aliphatic carbocycles. The summed E-state index contributed by atoms with van der Waals surface area (Å²) in [4.78, 5) is 78.1. The molecular weight excluding hydrogens is 748 g/mol. The second kappa shape index (κ2) is 17.4. The molecule has 1 amide bonds. The van der Waals surface area contributed by atoms with Gasteiger partial charge >= 0.3 is 18.0 Å². The largest absolute Gasteiger partial charge is 0.479 e. The van der Waals surface area contributed by atoms with Crippen molar-refractivity contribution in [3.63, 3.8) is 0 Å². The van der Waals surface area contributed by atoms with Crippen LogP contribution in [0.5, 0.6) is 0 Å². The fourth-order valence-corrected chi connectivity index (χ4v) is 6.78. The number of hydrogen-bond donors (Lipinski definition) is 4. The monoisotopic (exact) mass is 794 g/mol. The number of carbonyl (C=O) groups is 6. The smallest absolute Gasteiger partial charge is 0.412 e. The first kappa shape index (κ1) is 43.7. The van der Waals surface area contributed by atoms with Crippen LogP contribution in [0.3, 0.4) is 0 Å². The molecule has 0 bridgehead atoms. The summed E-state index contributed by atoms with van der Waals surface area (Å²) < 4.78 is 11.5. The number of carboxylic acids is 2. The number of likely N-dealkylation sites (tertiary alicyclic amines) is 1. The van der Waals surface area contributed by atoms with Crippen LogP contribution in [0, 0.1) is 5.92 Å². The summed E-state index contributed by atoms with van der Waals surface area (Å²) >= 11 is 5.93. The van der Waals surface area contributed by atoms with E-state index in [-0.39, 0.29) is 23.8 Å². The number of rotatable bonds is 11. The summed E-state index contributed by atoms with van der Waals surface area (Å²) in [6, 6.07) is 19.9. The number of aliphatic hydroxyl groups is 2. The summed E-state index contributed by atoms with van der Waals surface area (Å²) in [6.07, 6.45) is 1.28. The van der Waals surface area contributed by atoms with Crippen LogP contribution in [0.4, 0.5) is 4.79 Å². The number of hydrogen-bond acceptors (Lipinski definition) is 11. The maximum Gasteiger partial charge on any atom is 0.412 e. The molecule has 14 nitrogen and oxygen atoms in total. The molecule has 0 spiro atoms. The predicted molar refractivity (Wildman–Crippen MR) is 204 cm³/mol. The molecule has 300 valence electrons. The molecule has 2 saturated heterocycles. The number of halogens is 1. The van der Waals surface area contributed by atoms with Crippen LogP contribution < -0.4 is 0 Å². The van der Waals surface area contributed by atoms with Crippen molar-refractivity contribution >= 4 is 47.0 Å². The van der Waals surface area contributed by atoms with Crippen LogP contribution >= 0.6 is 11.6 Å². The summed E-state index contributed by atoms with van der Waals surface area (Å²) in [5.74, 6) is -7.81. The molecule has 5 rings (SSSR count). The molecule has 0 saturated carbocycles. The Balaban J connectivity index is 0.000000251. The summed E-state index contributed by atoms with van der Waals surface area (Å²) in [5, 5.41) is 40.5. The van der Waals surface area contributed by atoms with Crippen molar-refractivity contribution in [2.24, 2.45) is 5.92 Å². The Morgan fingerprint density at radius 2 is 1.20 bits per heavy atom. The third-order valence-electron chi connectivity index (χ3n) is 9.59. The Bertz CT molecular complexity index is 1830. The molecule has 3 atom stereocenters. The summed E-state index contributed by atoms with van der Waals surface area (Å²) in [7, 11) is 0. The third kappa shape index (κ3) is 9.51. The minimum Gasteiger partial charge on any atom is -0.479 e. The SMILES string of the molecule is CC(C)(C)OC(=O)N1[C@@H](CN2CCC(C(=O)c3ccc(Cl)cc3)CC2)COC1(C)C.O=C(O)C(O)(C(=O)c1ccccc1)C(O)(C(=O)O)C(=O)c1ccccc1. The Labute approximate surface area is 329 Å². The Morgan fingerprint density at radius 1 is 0.750 bits per heavy atom. The summed E-state index contributed by atoms with van der Waals surface area (Å²) in [6.45, 7) is 12.2. The molecule has 3 aromatic carbocycles. The van der Waals surface area contributed by atoms with E-state index in [2.05, 4.69) is 4.90 Å². The maximum absolute atomic E-state index is 12.8. The normalized spacial score (nSPS) is 19.4. The average Bonchev–Trinajstić information content (AvgIpc) is 3.46. The molecule has 0 radical (unpaired) electrons. The summed E-state index contributed by atoms with van der Waals surface area (Å²) in [5.41, 5.74) is -9.22. The second-order valence-corrected chi connectivity index (χ2v) is 15.6. The van der Waals surface area contributed by atoms with Crippen LogP contribution in [0.25, 0.3) is 0 Å². The van der Waals surface area contributed by atoms with Gasteiger partial charge in [0.2, 0.25) is 11.6 Å². The lowest BCUT2D eigenvalue weighted by atomic mass is 9.73. The van der Waals surface area contributed by atoms with Gasteiger partial charge in [0.25, 0.3) is 11.2 Å². The van der Waals surface area contributed by atoms with E-state index in [9.17, 15) is 49.2 Å². The van der Waals surface area contributed by atoms with Crippen molar-refractivity contribution in [3.8, 4) is 0 Å². The highest BCUT2D eigenvalue weighted by atomic mass is 35.5. The quantitative estimate of drug-likeness (QED) is 0.149. The lowest BCUT2D eigenvalue weighted by molar-refractivity contribution is -0.187. The van der Waals surface area contributed by atoms with E-state index >= 15 is 0 Å². The molecule has 3 aromatic rings. The maximum atomic E-state index is 12.8. The third-order valence-corrected chi connectivity index (χ3v) is 9.84. The first-order chi connectivity index (χ1) is 26.1. The van der Waals surface area contributed by atoms with E-state index in [0.29, 0.717) is 18.2 Å². The highest BCUT2D eigenvalue weighted by Gasteiger charge is 2.70. The van der Waals surface area contributed by atoms with E-state index in [0.717, 1.165) is 55.8 Å². The molecule has 2 aliphatic rings. The second-order valence-electron chi connectivity index (χ2n) is 15.1. The Kier molecular flexibility index (Phi) is 13.6. The van der Waals surface area contributed by atoms with Gasteiger partial charge in [-0.1, -0.05) is 72.3 Å². The molecule has 2 aliphatic heterocycles. The molecule has 2 unspecified atom stereocenters. The zero-order valence-electron chi connectivity index (χ0n) is 31.8. The number of amides is 1. The van der Waals surface area contributed by atoms with Gasteiger partial charge < -0.3 is 34.8 Å². The number of aliphatic carboxylic acids is 2. The molecule has 2 heterocycles. The number of Topliss-reactive ketones (excluding diaryl/α,β-unsaturated/α-hetero) is 3. The van der Waals surface area contributed by atoms with Crippen molar-refractivity contribution in [2.45, 2.75) is 76.0 Å². The molecule has 0 aromatic heterocycles. The zero-order chi connectivity index (χ0) is 41.6. The fraction of sp³-hybridized carbons (Fsp3) is 0.415. The molecule has 2 fully saturated rings. The minimum atomic E-state index is -3.95. The van der Waals surface area contributed by atoms with Gasteiger partial charge in [-0.05, 0) is 84.8 Å². The van der Waals surface area contributed by atoms with E-state index < -0.39 is 57.2 Å². The number of nitrogens with zero attached hydrogens (tertiary/aromatic N) is 2. The van der Waals surface area contributed by atoms with Crippen LogP contribution in [-0.2, 0) is 19.1 Å². The first-order valence-corrected chi connectivity index (χ1v) is 18.3. The fourth-order valence-electron chi connectivity index (χ4n) is 6.65. The average molecular weight is 795 g/mol. The van der Waals surface area contributed by atoms with E-state index in [1.165, 1.54) is 36.4 Å². The number of ketones is 3. The van der Waals surface area contributed by atoms with Gasteiger partial charge in [-0.15, -0.1) is 0 Å². The van der Waals surface area contributed by atoms with Gasteiger partial charge in [-0.2, -0.15) is 0 Å². The van der Waals surface area contributed by atoms with Crippen LogP contribution in [0.15, 0.2) is 84.9 Å². The minimum absolute atomic E-state index is 0.0284. The van der Waals surface area contributed by atoms with Gasteiger partial charge in [0.15, 0.2) is 5.78 Å². The number of carbonyl (C=O) groups excluding carboxylic acids is 4. The van der Waals surface area contributed by atoms with Crippen LogP contribution in [0.2, 0.25) is 5.02 Å². The molecular formula is C41H47ClN2O12. The van der Waals surface area contributed by atoms with Gasteiger partial charge in [-0.25, -0.2) is 14.4 Å². The van der Waals surface area contributed by atoms with Crippen LogP contribution in [-0.4, -0.2) is 120 Å². The lowest BCUT2D eigenvalue weighted by Crippen LogP contribution is -2.71. The number of benzene rings is 3. The molecule has 15 heteroatoms. The van der Waals surface area contributed by atoms with Gasteiger partial charge in [0.05, 0.1) is 12.6 Å². The van der Waals surface area contributed by atoms with E-state index in [1.54, 1.807) is 29.2 Å². The van der Waals surface area contributed by atoms with Gasteiger partial charge in [0.1, 0.15) is 11.3 Å². The highest BCUT2D eigenvalue weighted by molar-refractivity contribution is 6.30. The number of piperidine rings is 1. The van der Waals surface area contributed by atoms with Crippen molar-refractivity contribution in [1.82, 2.24) is 9.80 Å². The lowest BCUT2D eigenvalue weighted by Gasteiger charge is -2.38. The van der Waals surface area contributed by atoms with Crippen molar-refractivity contribution < 1.29 is 58.7 Å². The van der Waals surface area contributed by atoms with Gasteiger partial charge in [-0.3, -0.25) is 19.3 Å². The number of carboxylic acid groups (broad SMARTS) is 2. The highest BCUT2D eigenvalue weighted by Crippen LogP contribution is 2.33. The first-order valence-electron chi connectivity index (χ1n) is 17.9. The molecule has 56 heavy (non-hydrogen) atoms. The topological polar surface area (TPSA) is 208 Å². The number of ether oxygens (including phenoxy) is 2. The Morgan fingerprint density at radius 3 is 1.61 bits per heavy atom. The Hall–Kier alpha value is -4.99.